The van der Waals surface area contributed by atoms with Crippen molar-refractivity contribution in [2.24, 2.45) is 0 Å². The smallest absolute Gasteiger partial charge is 0.241 e. The molecule has 19 heavy (non-hydrogen) atoms. The molecule has 0 bridgehead atoms. The molecule has 106 valence electrons. The maximum Gasteiger partial charge on any atom is 0.241 e. The largest absolute Gasteiger partial charge is 0.394 e. The number of aliphatic hydroxyl groups is 4. The van der Waals surface area contributed by atoms with Crippen LogP contribution >= 0.6 is 0 Å². The Balaban J connectivity index is 2.35. The summed E-state index contributed by atoms with van der Waals surface area (Å²) >= 11 is 0. The molecule has 7 nitrogen and oxygen atoms in total. The minimum atomic E-state index is -1.58. The Morgan fingerprint density at radius 1 is 1.11 bits per heavy atom. The van der Waals surface area contributed by atoms with Gasteiger partial charge in [-0.05, 0) is 12.1 Å². The summed E-state index contributed by atoms with van der Waals surface area (Å²) in [6, 6.07) is 8.86. The first-order valence-corrected chi connectivity index (χ1v) is 5.79. The van der Waals surface area contributed by atoms with Gasteiger partial charge in [0.05, 0.1) is 24.8 Å². The average molecular weight is 270 g/mol. The van der Waals surface area contributed by atoms with E-state index in [1.807, 2.05) is 6.07 Å². The molecule has 0 heterocycles. The monoisotopic (exact) mass is 270 g/mol. The number of hydrazine groups is 1. The minimum absolute atomic E-state index is 0.405. The van der Waals surface area contributed by atoms with Gasteiger partial charge < -0.3 is 20.4 Å². The molecule has 0 aliphatic rings. The SMILES string of the molecule is O=C(C[C@@H](O)[C@H](O)[C@H](O)CO)NNc1ccccc1. The first-order chi connectivity index (χ1) is 9.04. The van der Waals surface area contributed by atoms with Crippen molar-refractivity contribution >= 4 is 11.6 Å². The van der Waals surface area contributed by atoms with E-state index < -0.39 is 37.2 Å². The number of hydrogen-bond donors (Lipinski definition) is 6. The molecule has 6 N–H and O–H groups in total. The normalized spacial score (nSPS) is 15.4. The fourth-order valence-electron chi connectivity index (χ4n) is 1.39. The molecular weight excluding hydrogens is 252 g/mol. The lowest BCUT2D eigenvalue weighted by Crippen LogP contribution is -2.43. The van der Waals surface area contributed by atoms with Gasteiger partial charge in [0.25, 0.3) is 0 Å². The third-order valence-electron chi connectivity index (χ3n) is 2.49. The molecule has 0 aliphatic carbocycles. The van der Waals surface area contributed by atoms with Crippen molar-refractivity contribution < 1.29 is 25.2 Å². The second-order valence-electron chi connectivity index (χ2n) is 4.05. The van der Waals surface area contributed by atoms with Crippen molar-refractivity contribution in [2.45, 2.75) is 24.7 Å². The highest BCUT2D eigenvalue weighted by molar-refractivity contribution is 5.77. The van der Waals surface area contributed by atoms with Gasteiger partial charge in [-0.3, -0.25) is 15.6 Å². The van der Waals surface area contributed by atoms with Crippen LogP contribution in [-0.4, -0.2) is 51.3 Å². The molecule has 1 rings (SSSR count). The van der Waals surface area contributed by atoms with Crippen molar-refractivity contribution in [1.82, 2.24) is 5.43 Å². The van der Waals surface area contributed by atoms with Crippen LogP contribution in [-0.2, 0) is 4.79 Å². The summed E-state index contributed by atoms with van der Waals surface area (Å²) in [4.78, 5) is 11.5. The van der Waals surface area contributed by atoms with E-state index >= 15 is 0 Å². The van der Waals surface area contributed by atoms with Gasteiger partial charge in [0.15, 0.2) is 0 Å². The molecule has 0 saturated carbocycles. The molecule has 0 aliphatic heterocycles. The Morgan fingerprint density at radius 3 is 2.32 bits per heavy atom. The molecule has 7 heteroatoms. The lowest BCUT2D eigenvalue weighted by Gasteiger charge is -2.21. The number of amides is 1. The molecule has 1 aromatic rings. The number of carbonyl (C=O) groups excluding carboxylic acids is 1. The van der Waals surface area contributed by atoms with Gasteiger partial charge in [-0.1, -0.05) is 18.2 Å². The number of hydrogen-bond acceptors (Lipinski definition) is 6. The zero-order chi connectivity index (χ0) is 14.3. The summed E-state index contributed by atoms with van der Waals surface area (Å²) in [6.07, 6.45) is -4.92. The molecule has 1 amide bonds. The Morgan fingerprint density at radius 2 is 1.74 bits per heavy atom. The number of rotatable bonds is 7. The Bertz CT molecular complexity index is 387. The summed E-state index contributed by atoms with van der Waals surface area (Å²) in [5, 5.41) is 36.6. The van der Waals surface area contributed by atoms with Crippen LogP contribution in [0.4, 0.5) is 5.69 Å². The quantitative estimate of drug-likeness (QED) is 0.339. The number of benzene rings is 1. The van der Waals surface area contributed by atoms with Crippen LogP contribution in [0, 0.1) is 0 Å². The molecule has 3 atom stereocenters. The van der Waals surface area contributed by atoms with E-state index in [2.05, 4.69) is 10.9 Å². The van der Waals surface area contributed by atoms with E-state index in [1.165, 1.54) is 0 Å². The van der Waals surface area contributed by atoms with Crippen LogP contribution in [0.3, 0.4) is 0 Å². The van der Waals surface area contributed by atoms with Gasteiger partial charge >= 0.3 is 0 Å². The molecular formula is C12H18N2O5. The zero-order valence-electron chi connectivity index (χ0n) is 10.2. The molecule has 0 saturated heterocycles. The standard InChI is InChI=1S/C12H18N2O5/c15-7-10(17)12(19)9(16)6-11(18)14-13-8-4-2-1-3-5-8/h1-5,9-10,12-13,15-17,19H,6-7H2,(H,14,18)/t9-,10-,12+/m1/s1. The molecule has 1 aromatic carbocycles. The fourth-order valence-corrected chi connectivity index (χ4v) is 1.39. The predicted octanol–water partition coefficient (Wildman–Crippen LogP) is -1.41. The van der Waals surface area contributed by atoms with Crippen LogP contribution < -0.4 is 10.9 Å². The van der Waals surface area contributed by atoms with Gasteiger partial charge in [-0.15, -0.1) is 0 Å². The average Bonchev–Trinajstić information content (AvgIpc) is 2.44. The topological polar surface area (TPSA) is 122 Å². The highest BCUT2D eigenvalue weighted by atomic mass is 16.4. The Hall–Kier alpha value is -1.67. The summed E-state index contributed by atoms with van der Waals surface area (Å²) < 4.78 is 0. The van der Waals surface area contributed by atoms with E-state index in [1.54, 1.807) is 24.3 Å². The highest BCUT2D eigenvalue weighted by Gasteiger charge is 2.25. The highest BCUT2D eigenvalue weighted by Crippen LogP contribution is 2.05. The molecule has 0 fully saturated rings. The van der Waals surface area contributed by atoms with Gasteiger partial charge in [-0.2, -0.15) is 0 Å². The fraction of sp³-hybridized carbons (Fsp3) is 0.417. The van der Waals surface area contributed by atoms with Crippen LogP contribution in [0.1, 0.15) is 6.42 Å². The summed E-state index contributed by atoms with van der Waals surface area (Å²) in [6.45, 7) is -0.692. The number of carbonyl (C=O) groups is 1. The lowest BCUT2D eigenvalue weighted by molar-refractivity contribution is -0.127. The molecule has 0 spiro atoms. The van der Waals surface area contributed by atoms with Gasteiger partial charge in [0.1, 0.15) is 12.2 Å². The van der Waals surface area contributed by atoms with Gasteiger partial charge in [0, 0.05) is 0 Å². The first kappa shape index (κ1) is 15.4. The van der Waals surface area contributed by atoms with E-state index in [9.17, 15) is 15.0 Å². The van der Waals surface area contributed by atoms with Crippen LogP contribution in [0.25, 0.3) is 0 Å². The summed E-state index contributed by atoms with van der Waals surface area (Å²) in [7, 11) is 0. The summed E-state index contributed by atoms with van der Waals surface area (Å²) in [5.41, 5.74) is 5.63. The third-order valence-corrected chi connectivity index (χ3v) is 2.49. The van der Waals surface area contributed by atoms with Crippen LogP contribution in [0.2, 0.25) is 0 Å². The molecule has 0 aromatic heterocycles. The summed E-state index contributed by atoms with van der Waals surface area (Å²) in [5.74, 6) is -0.555. The number of nitrogens with one attached hydrogen (secondary N) is 2. The number of para-hydroxylation sites is 1. The van der Waals surface area contributed by atoms with Crippen molar-refractivity contribution in [2.75, 3.05) is 12.0 Å². The minimum Gasteiger partial charge on any atom is -0.394 e. The molecule has 0 radical (unpaired) electrons. The predicted molar refractivity (Wildman–Crippen MR) is 67.9 cm³/mol. The maximum absolute atomic E-state index is 11.5. The van der Waals surface area contributed by atoms with Crippen molar-refractivity contribution in [3.05, 3.63) is 30.3 Å². The van der Waals surface area contributed by atoms with Gasteiger partial charge in [-0.25, -0.2) is 0 Å². The second kappa shape index (κ2) is 7.70. The molecule has 0 unspecified atom stereocenters. The van der Waals surface area contributed by atoms with Crippen LogP contribution in [0.15, 0.2) is 30.3 Å². The Kier molecular flexibility index (Phi) is 6.23. The number of anilines is 1. The van der Waals surface area contributed by atoms with Crippen molar-refractivity contribution in [3.63, 3.8) is 0 Å². The van der Waals surface area contributed by atoms with E-state index in [4.69, 9.17) is 10.2 Å². The maximum atomic E-state index is 11.5. The second-order valence-corrected chi connectivity index (χ2v) is 4.05. The van der Waals surface area contributed by atoms with Crippen molar-refractivity contribution in [1.29, 1.82) is 0 Å². The third kappa shape index (κ3) is 5.23. The van der Waals surface area contributed by atoms with Gasteiger partial charge in [0.2, 0.25) is 5.91 Å². The first-order valence-electron chi connectivity index (χ1n) is 5.79. The van der Waals surface area contributed by atoms with E-state index in [0.29, 0.717) is 5.69 Å². The zero-order valence-corrected chi connectivity index (χ0v) is 10.2. The Labute approximate surface area is 110 Å². The van der Waals surface area contributed by atoms with Crippen molar-refractivity contribution in [3.8, 4) is 0 Å². The van der Waals surface area contributed by atoms with E-state index in [0.717, 1.165) is 0 Å². The lowest BCUT2D eigenvalue weighted by atomic mass is 10.1. The van der Waals surface area contributed by atoms with E-state index in [-0.39, 0.29) is 0 Å². The van der Waals surface area contributed by atoms with Crippen LogP contribution in [0.5, 0.6) is 0 Å². The number of aliphatic hydroxyl groups excluding tert-OH is 4.